The van der Waals surface area contributed by atoms with Gasteiger partial charge >= 0.3 is 0 Å². The van der Waals surface area contributed by atoms with Crippen LogP contribution in [0.15, 0.2) is 109 Å². The fourth-order valence-electron chi connectivity index (χ4n) is 4.91. The quantitative estimate of drug-likeness (QED) is 0.0287. The van der Waals surface area contributed by atoms with Crippen molar-refractivity contribution in [3.05, 3.63) is 109 Å². The van der Waals surface area contributed by atoms with E-state index >= 15 is 0 Å². The number of hydrogen-bond donors (Lipinski definition) is 2. The van der Waals surface area contributed by atoms with Crippen LogP contribution in [0, 0.1) is 0 Å². The maximum absolute atomic E-state index is 12.7. The molecule has 9 heteroatoms. The van der Waals surface area contributed by atoms with Gasteiger partial charge in [-0.15, -0.1) is 0 Å². The van der Waals surface area contributed by atoms with Gasteiger partial charge in [0.05, 0.1) is 39.9 Å². The minimum absolute atomic E-state index is 0.0145. The number of nitrogens with zero attached hydrogens (tertiary/aromatic N) is 1. The first kappa shape index (κ1) is 52.2. The number of carbonyl (C=O) groups is 1. The highest BCUT2D eigenvalue weighted by Crippen LogP contribution is 2.38. The molecule has 8 nitrogen and oxygen atoms in total. The SMILES string of the molecule is CC/C=C\C/C=C\C/C=C\C/C=C\C/C=C\C/C=C\C/C=C\C/C=C\CCCCCCC(=O)NC(COP(=O)([O-])OCC[N+](C)(C)C)C(O)/C=C/CCCC. The van der Waals surface area contributed by atoms with Crippen molar-refractivity contribution in [1.29, 1.82) is 0 Å². The molecule has 0 aliphatic carbocycles. The van der Waals surface area contributed by atoms with Gasteiger partial charge in [-0.2, -0.15) is 0 Å². The number of rotatable bonds is 35. The third-order valence-corrected chi connectivity index (χ3v) is 9.20. The summed E-state index contributed by atoms with van der Waals surface area (Å²) in [6, 6.07) is -0.903. The first-order valence-electron chi connectivity index (χ1n) is 20.7. The Kier molecular flexibility index (Phi) is 34.9. The van der Waals surface area contributed by atoms with Crippen molar-refractivity contribution in [1.82, 2.24) is 5.32 Å². The van der Waals surface area contributed by atoms with E-state index in [1.165, 1.54) is 0 Å². The number of allylic oxidation sites excluding steroid dienone is 17. The zero-order valence-corrected chi connectivity index (χ0v) is 36.0. The third kappa shape index (κ3) is 39.2. The molecule has 55 heavy (non-hydrogen) atoms. The molecule has 0 aromatic rings. The largest absolute Gasteiger partial charge is 0.756 e. The van der Waals surface area contributed by atoms with Crippen molar-refractivity contribution < 1.29 is 32.9 Å². The van der Waals surface area contributed by atoms with Crippen LogP contribution in [0.5, 0.6) is 0 Å². The van der Waals surface area contributed by atoms with Gasteiger partial charge in [0.15, 0.2) is 0 Å². The molecule has 3 atom stereocenters. The molecule has 0 aromatic carbocycles. The summed E-state index contributed by atoms with van der Waals surface area (Å²) in [7, 11) is 1.21. The minimum Gasteiger partial charge on any atom is -0.756 e. The zero-order chi connectivity index (χ0) is 40.7. The van der Waals surface area contributed by atoms with Gasteiger partial charge in [-0.3, -0.25) is 9.36 Å². The molecule has 0 aliphatic heterocycles. The van der Waals surface area contributed by atoms with Gasteiger partial charge in [0.1, 0.15) is 13.2 Å². The third-order valence-electron chi connectivity index (χ3n) is 8.24. The molecule has 0 saturated carbocycles. The molecule has 0 fully saturated rings. The van der Waals surface area contributed by atoms with Gasteiger partial charge < -0.3 is 28.8 Å². The van der Waals surface area contributed by atoms with E-state index in [0.29, 0.717) is 17.4 Å². The van der Waals surface area contributed by atoms with Crippen LogP contribution < -0.4 is 10.2 Å². The molecule has 0 heterocycles. The molecule has 0 spiro atoms. The summed E-state index contributed by atoms with van der Waals surface area (Å²) >= 11 is 0. The normalized spacial score (nSPS) is 15.5. The Hall–Kier alpha value is -2.84. The molecule has 0 aromatic heterocycles. The number of hydrogen-bond acceptors (Lipinski definition) is 6. The summed E-state index contributed by atoms with van der Waals surface area (Å²) in [5.41, 5.74) is 0. The summed E-state index contributed by atoms with van der Waals surface area (Å²) in [4.78, 5) is 25.0. The highest BCUT2D eigenvalue weighted by Gasteiger charge is 2.23. The molecule has 0 aliphatic rings. The van der Waals surface area contributed by atoms with Crippen LogP contribution in [0.3, 0.4) is 0 Å². The molecule has 1 amide bonds. The molecule has 2 N–H and O–H groups in total. The molecule has 3 unspecified atom stereocenters. The first-order chi connectivity index (χ1) is 26.5. The molecule has 0 radical (unpaired) electrons. The summed E-state index contributed by atoms with van der Waals surface area (Å²) in [5, 5.41) is 13.4. The Bertz CT molecular complexity index is 1260. The highest BCUT2D eigenvalue weighted by molar-refractivity contribution is 7.45. The average Bonchev–Trinajstić information content (AvgIpc) is 3.13. The fourth-order valence-corrected chi connectivity index (χ4v) is 5.64. The number of phosphoric acid groups is 1. The van der Waals surface area contributed by atoms with E-state index in [-0.39, 0.29) is 12.5 Å². The van der Waals surface area contributed by atoms with Crippen LogP contribution in [0.2, 0.25) is 0 Å². The standard InChI is InChI=1S/C46H77N2O6P/c1-6-8-10-12-13-14-15-16-17-18-19-20-21-22-23-24-25-26-27-28-29-30-31-32-33-34-35-36-38-40-46(50)47-44(45(49)39-37-11-9-7-2)43-54-55(51,52)53-42-41-48(3,4)5/h8,10,13-14,16-17,19-20,22-23,25-26,28-29,31-32,37,39,44-45,49H,6-7,9,11-12,15,18,21,24,27,30,33-36,38,40-43H2,1-5H3,(H-,47,50,51,52)/b10-8-,14-13-,17-16-,20-19-,23-22-,26-25-,29-28-,32-31-,39-37+. The molecular formula is C46H77N2O6P. The number of likely N-dealkylation sites (N-methyl/N-ethyl adjacent to an activating group) is 1. The molecular weight excluding hydrogens is 707 g/mol. The van der Waals surface area contributed by atoms with Gasteiger partial charge in [-0.25, -0.2) is 0 Å². The van der Waals surface area contributed by atoms with Crippen LogP contribution in [0.25, 0.3) is 0 Å². The Morgan fingerprint density at radius 1 is 0.655 bits per heavy atom. The van der Waals surface area contributed by atoms with Crippen molar-refractivity contribution in [2.24, 2.45) is 0 Å². The number of amides is 1. The monoisotopic (exact) mass is 785 g/mol. The molecule has 312 valence electrons. The van der Waals surface area contributed by atoms with Gasteiger partial charge in [-0.05, 0) is 77.0 Å². The lowest BCUT2D eigenvalue weighted by molar-refractivity contribution is -0.870. The van der Waals surface area contributed by atoms with E-state index in [1.54, 1.807) is 6.08 Å². The number of phosphoric ester groups is 1. The second kappa shape index (κ2) is 36.8. The summed E-state index contributed by atoms with van der Waals surface area (Å²) in [5.74, 6) is -0.239. The number of aliphatic hydroxyl groups excluding tert-OH is 1. The van der Waals surface area contributed by atoms with Gasteiger partial charge in [0, 0.05) is 6.42 Å². The average molecular weight is 785 g/mol. The Morgan fingerprint density at radius 3 is 1.58 bits per heavy atom. The van der Waals surface area contributed by atoms with Crippen molar-refractivity contribution in [3.63, 3.8) is 0 Å². The lowest BCUT2D eigenvalue weighted by Crippen LogP contribution is -2.45. The van der Waals surface area contributed by atoms with E-state index in [0.717, 1.165) is 103 Å². The maximum Gasteiger partial charge on any atom is 0.268 e. The molecule has 0 bridgehead atoms. The number of aliphatic hydroxyl groups is 1. The minimum atomic E-state index is -4.58. The number of quaternary nitrogens is 1. The Morgan fingerprint density at radius 2 is 1.11 bits per heavy atom. The lowest BCUT2D eigenvalue weighted by atomic mass is 10.1. The molecule has 0 rings (SSSR count). The van der Waals surface area contributed by atoms with Crippen LogP contribution in [0.1, 0.15) is 123 Å². The smallest absolute Gasteiger partial charge is 0.268 e. The first-order valence-corrected chi connectivity index (χ1v) is 22.2. The van der Waals surface area contributed by atoms with Crippen molar-refractivity contribution in [3.8, 4) is 0 Å². The van der Waals surface area contributed by atoms with Crippen LogP contribution in [-0.4, -0.2) is 68.5 Å². The topological polar surface area (TPSA) is 108 Å². The predicted octanol–water partition coefficient (Wildman–Crippen LogP) is 10.7. The van der Waals surface area contributed by atoms with E-state index in [4.69, 9.17) is 9.05 Å². The highest BCUT2D eigenvalue weighted by atomic mass is 31.2. The van der Waals surface area contributed by atoms with Crippen molar-refractivity contribution >= 4 is 13.7 Å². The maximum atomic E-state index is 12.7. The lowest BCUT2D eigenvalue weighted by Gasteiger charge is -2.29. The van der Waals surface area contributed by atoms with E-state index < -0.39 is 26.6 Å². The van der Waals surface area contributed by atoms with Crippen molar-refractivity contribution in [2.45, 2.75) is 135 Å². The summed E-state index contributed by atoms with van der Waals surface area (Å²) < 4.78 is 22.9. The molecule has 0 saturated heterocycles. The summed E-state index contributed by atoms with van der Waals surface area (Å²) in [6.07, 6.45) is 53.5. The summed E-state index contributed by atoms with van der Waals surface area (Å²) in [6.45, 7) is 4.30. The van der Waals surface area contributed by atoms with Gasteiger partial charge in [0.25, 0.3) is 7.82 Å². The second-order valence-electron chi connectivity index (χ2n) is 14.6. The van der Waals surface area contributed by atoms with E-state index in [2.05, 4.69) is 116 Å². The van der Waals surface area contributed by atoms with Crippen LogP contribution >= 0.6 is 7.82 Å². The number of unbranched alkanes of at least 4 members (excludes halogenated alkanes) is 6. The second-order valence-corrected chi connectivity index (χ2v) is 16.0. The van der Waals surface area contributed by atoms with Crippen LogP contribution in [0.4, 0.5) is 0 Å². The predicted molar refractivity (Wildman–Crippen MR) is 232 cm³/mol. The van der Waals surface area contributed by atoms with E-state index in [1.807, 2.05) is 27.2 Å². The van der Waals surface area contributed by atoms with E-state index in [9.17, 15) is 19.4 Å². The van der Waals surface area contributed by atoms with Gasteiger partial charge in [-0.1, -0.05) is 149 Å². The zero-order valence-electron chi connectivity index (χ0n) is 35.1. The fraction of sp³-hybridized carbons (Fsp3) is 0.587. The number of carbonyl (C=O) groups excluding carboxylic acids is 1. The van der Waals surface area contributed by atoms with Gasteiger partial charge in [0.2, 0.25) is 5.91 Å². The Balaban J connectivity index is 4.15. The van der Waals surface area contributed by atoms with Crippen LogP contribution in [-0.2, 0) is 18.4 Å². The number of nitrogens with one attached hydrogen (secondary N) is 1. The Labute approximate surface area is 336 Å². The van der Waals surface area contributed by atoms with Crippen molar-refractivity contribution in [2.75, 3.05) is 40.9 Å².